The maximum atomic E-state index is 9.76. The van der Waals surface area contributed by atoms with Crippen molar-refractivity contribution >= 4 is 0 Å². The van der Waals surface area contributed by atoms with E-state index in [4.69, 9.17) is 23.7 Å². The van der Waals surface area contributed by atoms with Crippen molar-refractivity contribution < 1.29 is 28.8 Å². The Morgan fingerprint density at radius 2 is 1.88 bits per heavy atom. The van der Waals surface area contributed by atoms with E-state index in [0.717, 1.165) is 32.1 Å². The van der Waals surface area contributed by atoms with E-state index in [1.54, 1.807) is 18.1 Å². The summed E-state index contributed by atoms with van der Waals surface area (Å²) in [5.41, 5.74) is 4.91. The van der Waals surface area contributed by atoms with Crippen molar-refractivity contribution in [3.63, 3.8) is 0 Å². The molecule has 8 aliphatic rings. The highest BCUT2D eigenvalue weighted by Crippen LogP contribution is 2.62. The minimum atomic E-state index is -0.780. The molecule has 8 bridgehead atoms. The van der Waals surface area contributed by atoms with Gasteiger partial charge in [-0.15, -0.1) is 0 Å². The fraction of sp³-hybridized carbons (Fsp3) is 0.846. The number of hydrogen-bond acceptors (Lipinski definition) is 6. The van der Waals surface area contributed by atoms with Crippen molar-refractivity contribution in [2.75, 3.05) is 33.0 Å². The summed E-state index contributed by atoms with van der Waals surface area (Å²) in [6.07, 6.45) is 9.33. The highest BCUT2D eigenvalue weighted by Gasteiger charge is 2.57. The largest absolute Gasteiger partial charge is 0.373 e. The summed E-state index contributed by atoms with van der Waals surface area (Å²) in [6.45, 7) is 6.78. The Morgan fingerprint density at radius 1 is 1.09 bits per heavy atom. The van der Waals surface area contributed by atoms with Gasteiger partial charge in [-0.25, -0.2) is 0 Å². The Balaban J connectivity index is 1.39. The van der Waals surface area contributed by atoms with Gasteiger partial charge in [0.25, 0.3) is 0 Å². The molecule has 178 valence electrons. The Bertz CT molecular complexity index is 804. The molecule has 3 fully saturated rings. The van der Waals surface area contributed by atoms with Gasteiger partial charge < -0.3 is 28.8 Å². The van der Waals surface area contributed by atoms with Crippen LogP contribution in [-0.4, -0.2) is 62.4 Å². The topological polar surface area (TPSA) is 66.4 Å². The lowest BCUT2D eigenvalue weighted by Gasteiger charge is -2.53. The summed E-state index contributed by atoms with van der Waals surface area (Å²) in [7, 11) is 0. The molecule has 4 heterocycles. The van der Waals surface area contributed by atoms with Crippen LogP contribution in [0.1, 0.15) is 58.8 Å². The highest BCUT2D eigenvalue weighted by molar-refractivity contribution is 5.45. The summed E-state index contributed by atoms with van der Waals surface area (Å²) >= 11 is 0. The van der Waals surface area contributed by atoms with Gasteiger partial charge in [0, 0.05) is 12.8 Å². The van der Waals surface area contributed by atoms with Crippen LogP contribution < -0.4 is 0 Å². The molecule has 2 saturated heterocycles. The van der Waals surface area contributed by atoms with E-state index in [1.807, 2.05) is 0 Å². The van der Waals surface area contributed by atoms with Crippen LogP contribution in [0.2, 0.25) is 0 Å². The molecule has 0 aromatic carbocycles. The molecule has 8 atom stereocenters. The minimum absolute atomic E-state index is 0.0338. The summed E-state index contributed by atoms with van der Waals surface area (Å²) in [5, 5.41) is 9.76. The van der Waals surface area contributed by atoms with Gasteiger partial charge in [-0.1, -0.05) is 18.6 Å². The quantitative estimate of drug-likeness (QED) is 0.667. The van der Waals surface area contributed by atoms with Crippen LogP contribution in [0.5, 0.6) is 0 Å². The molecular weight excluding hydrogens is 408 g/mol. The molecule has 32 heavy (non-hydrogen) atoms. The number of ether oxygens (including phenoxy) is 5. The van der Waals surface area contributed by atoms with E-state index >= 15 is 0 Å². The zero-order chi connectivity index (χ0) is 21.9. The van der Waals surface area contributed by atoms with Crippen molar-refractivity contribution in [2.24, 2.45) is 23.2 Å². The first-order chi connectivity index (χ1) is 15.5. The zero-order valence-electron chi connectivity index (χ0n) is 19.5. The third-order valence-corrected chi connectivity index (χ3v) is 9.46. The second kappa shape index (κ2) is 8.17. The lowest BCUT2D eigenvalue weighted by molar-refractivity contribution is -0.330. The van der Waals surface area contributed by atoms with E-state index in [2.05, 4.69) is 13.0 Å². The molecule has 1 saturated carbocycles. The molecule has 1 N–H and O–H groups in total. The number of fused-ring (bicyclic) bond motifs is 1. The predicted octanol–water partition coefficient (Wildman–Crippen LogP) is 3.73. The number of allylic oxidation sites excluding steroid dienone is 2. The average molecular weight is 447 g/mol. The summed E-state index contributed by atoms with van der Waals surface area (Å²) in [4.78, 5) is 0. The summed E-state index contributed by atoms with van der Waals surface area (Å²) < 4.78 is 31.1. The lowest BCUT2D eigenvalue weighted by Crippen LogP contribution is -2.56. The number of hydrogen-bond donors (Lipinski definition) is 1. The Labute approximate surface area is 191 Å². The van der Waals surface area contributed by atoms with Gasteiger partial charge in [-0.05, 0) is 73.3 Å². The summed E-state index contributed by atoms with van der Waals surface area (Å²) in [5.74, 6) is 1.08. The van der Waals surface area contributed by atoms with E-state index in [1.165, 1.54) is 18.4 Å². The summed E-state index contributed by atoms with van der Waals surface area (Å²) in [6, 6.07) is 0. The highest BCUT2D eigenvalue weighted by atomic mass is 16.7. The molecule has 0 amide bonds. The van der Waals surface area contributed by atoms with E-state index < -0.39 is 12.1 Å². The molecule has 4 aliphatic carbocycles. The van der Waals surface area contributed by atoms with Gasteiger partial charge in [0.15, 0.2) is 12.1 Å². The maximum Gasteiger partial charge on any atom is 0.199 e. The molecule has 0 radical (unpaired) electrons. The fourth-order valence-corrected chi connectivity index (χ4v) is 8.01. The Hall–Kier alpha value is -0.760. The predicted molar refractivity (Wildman–Crippen MR) is 118 cm³/mol. The third-order valence-electron chi connectivity index (χ3n) is 9.46. The van der Waals surface area contributed by atoms with Crippen molar-refractivity contribution in [1.29, 1.82) is 0 Å². The van der Waals surface area contributed by atoms with Crippen molar-refractivity contribution in [1.82, 2.24) is 0 Å². The molecule has 0 aromatic heterocycles. The lowest BCUT2D eigenvalue weighted by atomic mass is 9.56. The molecule has 6 heteroatoms. The second-order valence-electron chi connectivity index (χ2n) is 11.0. The number of rotatable bonds is 3. The smallest absolute Gasteiger partial charge is 0.199 e. The first kappa shape index (κ1) is 21.8. The van der Waals surface area contributed by atoms with Gasteiger partial charge >= 0.3 is 0 Å². The van der Waals surface area contributed by atoms with Crippen LogP contribution in [-0.2, 0) is 23.7 Å². The van der Waals surface area contributed by atoms with Crippen LogP contribution in [0.3, 0.4) is 0 Å². The van der Waals surface area contributed by atoms with E-state index in [0.29, 0.717) is 50.8 Å². The van der Waals surface area contributed by atoms with Crippen LogP contribution in [0.25, 0.3) is 0 Å². The molecule has 1 spiro atoms. The van der Waals surface area contributed by atoms with Gasteiger partial charge in [-0.2, -0.15) is 0 Å². The number of aliphatic hydroxyl groups is 1. The standard InChI is InChI=1S/C26H38O6/c1-16(27)30-15-23-22-6-5-21-19-4-3-17-14-26(31-11-9-28-23)24(29-10-12-32-26)13-20(17)18(19)7-8-25(21,22)2/h7,16,19,21-24,27H,3-6,8-15H2,1-2H3/t16?,19-,21-,22-,23?,24?,25+,26?/m1/s1. The molecule has 8 rings (SSSR count). The van der Waals surface area contributed by atoms with E-state index in [9.17, 15) is 5.11 Å². The Morgan fingerprint density at radius 3 is 2.69 bits per heavy atom. The molecule has 6 nitrogen and oxygen atoms in total. The Kier molecular flexibility index (Phi) is 5.56. The van der Waals surface area contributed by atoms with Crippen LogP contribution >= 0.6 is 0 Å². The van der Waals surface area contributed by atoms with Crippen molar-refractivity contribution in [2.45, 2.75) is 83.1 Å². The molecule has 4 aliphatic heterocycles. The van der Waals surface area contributed by atoms with Crippen LogP contribution in [0.15, 0.2) is 22.8 Å². The monoisotopic (exact) mass is 446 g/mol. The molecule has 4 unspecified atom stereocenters. The zero-order valence-corrected chi connectivity index (χ0v) is 19.5. The first-order valence-electron chi connectivity index (χ1n) is 12.7. The SMILES string of the molecule is CC(O)OCC1OCCOC23CC4=C(CC2OCCO3)C2=CC[C@]3(C)[C@@H]1CC[C@@H]3[C@@H]2CC4. The number of aliphatic hydroxyl groups excluding tert-OH is 1. The van der Waals surface area contributed by atoms with Gasteiger partial charge in [0.2, 0.25) is 0 Å². The average Bonchev–Trinajstić information content (AvgIpc) is 3.13. The van der Waals surface area contributed by atoms with Gasteiger partial charge in [-0.3, -0.25) is 0 Å². The fourth-order valence-electron chi connectivity index (χ4n) is 8.01. The minimum Gasteiger partial charge on any atom is -0.373 e. The van der Waals surface area contributed by atoms with Crippen molar-refractivity contribution in [3.8, 4) is 0 Å². The van der Waals surface area contributed by atoms with Gasteiger partial charge in [0.05, 0.1) is 39.1 Å². The maximum absolute atomic E-state index is 9.76. The first-order valence-corrected chi connectivity index (χ1v) is 12.7. The molecular formula is C26H38O6. The van der Waals surface area contributed by atoms with Crippen LogP contribution in [0.4, 0.5) is 0 Å². The van der Waals surface area contributed by atoms with E-state index in [-0.39, 0.29) is 17.6 Å². The normalized spacial score (nSPS) is 46.7. The molecule has 0 aromatic rings. The third kappa shape index (κ3) is 3.37. The van der Waals surface area contributed by atoms with Crippen molar-refractivity contribution in [3.05, 3.63) is 22.8 Å². The van der Waals surface area contributed by atoms with Gasteiger partial charge in [0.1, 0.15) is 6.10 Å². The second-order valence-corrected chi connectivity index (χ2v) is 11.0. The van der Waals surface area contributed by atoms with Crippen LogP contribution in [0, 0.1) is 23.2 Å².